The quantitative estimate of drug-likeness (QED) is 0.114. The van der Waals surface area contributed by atoms with Gasteiger partial charge in [0.2, 0.25) is 0 Å². The normalized spacial score (nSPS) is 26.6. The number of esters is 1. The molecule has 3 aliphatic carbocycles. The van der Waals surface area contributed by atoms with Crippen LogP contribution < -0.4 is 25.3 Å². The fraction of sp³-hybridized carbons (Fsp3) is 0.340. The number of dihydropyridines is 1. The zero-order valence-electron chi connectivity index (χ0n) is 33.5. The highest BCUT2D eigenvalue weighted by Gasteiger charge is 2.53. The van der Waals surface area contributed by atoms with E-state index in [1.807, 2.05) is 12.1 Å². The Bertz CT molecular complexity index is 2560. The van der Waals surface area contributed by atoms with Gasteiger partial charge < -0.3 is 40.2 Å². The third-order valence-electron chi connectivity index (χ3n) is 13.7. The number of aromatic hydroxyl groups is 2. The van der Waals surface area contributed by atoms with Gasteiger partial charge in [-0.25, -0.2) is 0 Å². The zero-order valence-corrected chi connectivity index (χ0v) is 33.5. The Morgan fingerprint density at radius 2 is 1.85 bits per heavy atom. The molecular weight excluding hydrogens is 741 g/mol. The zero-order chi connectivity index (χ0) is 40.6. The summed E-state index contributed by atoms with van der Waals surface area (Å²) in [7, 11) is 3.18. The molecule has 59 heavy (non-hydrogen) atoms. The summed E-state index contributed by atoms with van der Waals surface area (Å²) >= 11 is 0. The summed E-state index contributed by atoms with van der Waals surface area (Å²) in [5.74, 6) is 8.82. The van der Waals surface area contributed by atoms with Crippen molar-refractivity contribution in [1.29, 1.82) is 0 Å². The van der Waals surface area contributed by atoms with Gasteiger partial charge in [0.15, 0.2) is 11.5 Å². The van der Waals surface area contributed by atoms with Crippen LogP contribution in [-0.4, -0.2) is 43.2 Å². The third kappa shape index (κ3) is 6.15. The van der Waals surface area contributed by atoms with E-state index in [9.17, 15) is 15.0 Å². The predicted octanol–water partition coefficient (Wildman–Crippen LogP) is 7.83. The van der Waals surface area contributed by atoms with E-state index >= 15 is 0 Å². The monoisotopic (exact) mass is 788 g/mol. The van der Waals surface area contributed by atoms with Crippen molar-refractivity contribution in [2.24, 2.45) is 23.5 Å². The summed E-state index contributed by atoms with van der Waals surface area (Å²) < 4.78 is 24.8. The van der Waals surface area contributed by atoms with Crippen molar-refractivity contribution in [3.63, 3.8) is 0 Å². The molecule has 6 aliphatic rings. The van der Waals surface area contributed by atoms with E-state index in [2.05, 4.69) is 77.9 Å². The lowest BCUT2D eigenvalue weighted by Crippen LogP contribution is -2.42. The van der Waals surface area contributed by atoms with Crippen molar-refractivity contribution in [2.75, 3.05) is 20.8 Å². The maximum atomic E-state index is 12.4. The summed E-state index contributed by atoms with van der Waals surface area (Å²) in [6.07, 6.45) is 10.4. The number of phenols is 2. The number of carbonyl (C=O) groups excluding carboxylic acids is 1. The fourth-order valence-corrected chi connectivity index (χ4v) is 11.4. The van der Waals surface area contributed by atoms with Crippen molar-refractivity contribution >= 4 is 5.97 Å². The molecule has 3 aliphatic heterocycles. The maximum absolute atomic E-state index is 12.4. The van der Waals surface area contributed by atoms with Crippen molar-refractivity contribution < 1.29 is 34.0 Å². The first-order valence-electron chi connectivity index (χ1n) is 20.6. The largest absolute Gasteiger partial charge is 0.508 e. The van der Waals surface area contributed by atoms with Crippen LogP contribution in [0.25, 0.3) is 11.1 Å². The summed E-state index contributed by atoms with van der Waals surface area (Å²) in [4.78, 5) is 12.4. The molecule has 4 aromatic carbocycles. The molecule has 5 N–H and O–H groups in total. The molecule has 0 aromatic heterocycles. The fourth-order valence-electron chi connectivity index (χ4n) is 11.4. The summed E-state index contributed by atoms with van der Waals surface area (Å²) in [6, 6.07) is 22.1. The Morgan fingerprint density at radius 1 is 1.02 bits per heavy atom. The lowest BCUT2D eigenvalue weighted by molar-refractivity contribution is -0.141. The second kappa shape index (κ2) is 14.3. The van der Waals surface area contributed by atoms with E-state index in [1.54, 1.807) is 19.2 Å². The molecule has 7 unspecified atom stereocenters. The molecule has 0 amide bonds. The maximum Gasteiger partial charge on any atom is 0.302 e. The van der Waals surface area contributed by atoms with Crippen LogP contribution in [0.15, 0.2) is 102 Å². The molecule has 1 fully saturated rings. The minimum Gasteiger partial charge on any atom is -0.508 e. The van der Waals surface area contributed by atoms with Gasteiger partial charge in [-0.2, -0.15) is 0 Å². The first-order chi connectivity index (χ1) is 28.6. The molecule has 300 valence electrons. The van der Waals surface area contributed by atoms with Crippen LogP contribution in [0.4, 0.5) is 0 Å². The Labute approximate surface area is 344 Å². The van der Waals surface area contributed by atoms with Crippen LogP contribution in [0.3, 0.4) is 0 Å². The summed E-state index contributed by atoms with van der Waals surface area (Å²) in [5.41, 5.74) is 17.5. The van der Waals surface area contributed by atoms with Crippen LogP contribution in [-0.2, 0) is 34.2 Å². The minimum absolute atomic E-state index is 0.00454. The molecule has 7 atom stereocenters. The molecule has 4 aromatic rings. The van der Waals surface area contributed by atoms with Gasteiger partial charge >= 0.3 is 5.97 Å². The Morgan fingerprint density at radius 3 is 2.64 bits per heavy atom. The number of ether oxygens (including phenoxy) is 4. The lowest BCUT2D eigenvalue weighted by Gasteiger charge is -2.42. The molecule has 9 heteroatoms. The third-order valence-corrected chi connectivity index (χ3v) is 13.7. The molecule has 10 rings (SSSR count). The van der Waals surface area contributed by atoms with E-state index in [1.165, 1.54) is 25.2 Å². The number of hydrogen-bond acceptors (Lipinski definition) is 9. The second-order valence-corrected chi connectivity index (χ2v) is 17.0. The molecule has 0 saturated heterocycles. The SMILES string of the molecule is COc1cc2c(cc1O)CC#CC1=C3C(=CC(N)N1)C=CC(Cc1ccccc1)C3C1CCC3(Cc4cc(O)cc(OC)c4-c4ccc5c(c43)OC2C5COC(C)=O)C1. The van der Waals surface area contributed by atoms with Crippen LogP contribution >= 0.6 is 0 Å². The molecule has 1 saturated carbocycles. The van der Waals surface area contributed by atoms with Gasteiger partial charge in [-0.1, -0.05) is 60.5 Å². The molecule has 0 radical (unpaired) electrons. The topological polar surface area (TPSA) is 133 Å². The molecule has 9 nitrogen and oxygen atoms in total. The van der Waals surface area contributed by atoms with E-state index in [-0.39, 0.29) is 53.2 Å². The summed E-state index contributed by atoms with van der Waals surface area (Å²) in [5, 5.41) is 25.8. The lowest BCUT2D eigenvalue weighted by atomic mass is 9.62. The van der Waals surface area contributed by atoms with E-state index in [0.717, 1.165) is 81.6 Å². The Balaban J connectivity index is 1.24. The van der Waals surface area contributed by atoms with Crippen molar-refractivity contribution in [3.8, 4) is 51.7 Å². The average Bonchev–Trinajstić information content (AvgIpc) is 3.81. The number of carbonyl (C=O) groups is 1. The standard InChI is InChI=1S/C50H48N2O7/c1-27(53)58-26-38-35-14-15-36-45-33(19-34(54)22-42(45)57-3)25-50-17-16-32(24-50)44-30(18-28-8-5-4-6-9-28)12-13-31-21-43(51)52-39(46(31)44)11-7-10-29-20-40(55)41(56-2)23-37(29)48(38)59-49(35)47(36)50/h4-6,8-9,12-15,19-23,30,32,38,43-44,48,52,54-55H,10,16-18,24-26,51H2,1-3H3. The summed E-state index contributed by atoms with van der Waals surface area (Å²) in [6.45, 7) is 1.53. The Kier molecular flexibility index (Phi) is 9.02. The van der Waals surface area contributed by atoms with Gasteiger partial charge in [-0.15, -0.1) is 0 Å². The first kappa shape index (κ1) is 37.2. The molecule has 1 spiro atoms. The molecule has 3 heterocycles. The average molecular weight is 789 g/mol. The van der Waals surface area contributed by atoms with Crippen molar-refractivity contribution in [3.05, 3.63) is 135 Å². The number of methoxy groups -OCH3 is 2. The van der Waals surface area contributed by atoms with E-state index < -0.39 is 12.3 Å². The Hall–Kier alpha value is -6.11. The van der Waals surface area contributed by atoms with Gasteiger partial charge in [0.1, 0.15) is 30.0 Å². The number of benzene rings is 4. The van der Waals surface area contributed by atoms with Crippen LogP contribution in [0.5, 0.6) is 28.7 Å². The number of rotatable bonds is 6. The van der Waals surface area contributed by atoms with Crippen LogP contribution in [0.1, 0.15) is 71.6 Å². The van der Waals surface area contributed by atoms with Gasteiger partial charge in [0, 0.05) is 47.1 Å². The number of fused-ring (bicyclic) bond motifs is 7. The first-order valence-corrected chi connectivity index (χ1v) is 20.6. The van der Waals surface area contributed by atoms with E-state index in [0.29, 0.717) is 24.3 Å². The highest BCUT2D eigenvalue weighted by molar-refractivity contribution is 5.84. The highest BCUT2D eigenvalue weighted by atomic mass is 16.5. The van der Waals surface area contributed by atoms with Gasteiger partial charge in [-0.05, 0) is 113 Å². The second-order valence-electron chi connectivity index (χ2n) is 17.0. The number of phenolic OH excluding ortho intramolecular Hbond substituents is 2. The molecule has 4 bridgehead atoms. The van der Waals surface area contributed by atoms with Crippen LogP contribution in [0, 0.1) is 29.6 Å². The van der Waals surface area contributed by atoms with Gasteiger partial charge in [0.25, 0.3) is 0 Å². The number of nitrogens with one attached hydrogen (secondary N) is 1. The smallest absolute Gasteiger partial charge is 0.302 e. The number of allylic oxidation sites excluding steroid dienone is 5. The molecular formula is C50H48N2O7. The number of nitrogens with two attached hydrogens (primary N) is 1. The highest BCUT2D eigenvalue weighted by Crippen LogP contribution is 2.64. The van der Waals surface area contributed by atoms with Gasteiger partial charge in [0.05, 0.1) is 32.0 Å². The number of hydrogen-bond donors (Lipinski definition) is 4. The van der Waals surface area contributed by atoms with Crippen molar-refractivity contribution in [1.82, 2.24) is 5.32 Å². The van der Waals surface area contributed by atoms with E-state index in [4.69, 9.17) is 24.7 Å². The van der Waals surface area contributed by atoms with Gasteiger partial charge in [-0.3, -0.25) is 4.79 Å². The van der Waals surface area contributed by atoms with Crippen LogP contribution in [0.2, 0.25) is 0 Å². The predicted molar refractivity (Wildman–Crippen MR) is 224 cm³/mol. The minimum atomic E-state index is -0.579. The van der Waals surface area contributed by atoms with Crippen molar-refractivity contribution in [2.45, 2.75) is 69.1 Å².